The molecular formula is C19H14O3. The molecule has 0 aliphatic rings. The van der Waals surface area contributed by atoms with Crippen LogP contribution in [-0.4, -0.2) is 11.9 Å². The monoisotopic (exact) mass is 290 g/mol. The summed E-state index contributed by atoms with van der Waals surface area (Å²) >= 11 is 0. The highest BCUT2D eigenvalue weighted by Gasteiger charge is 2.19. The van der Waals surface area contributed by atoms with Gasteiger partial charge in [-0.25, -0.2) is 9.59 Å². The first-order valence-corrected chi connectivity index (χ1v) is 6.90. The van der Waals surface area contributed by atoms with E-state index in [1.165, 1.54) is 6.92 Å². The average molecular weight is 290 g/mol. The minimum Gasteiger partial charge on any atom is -0.386 e. The average Bonchev–Trinajstić information content (AvgIpc) is 2.52. The molecular weight excluding hydrogens is 276 g/mol. The number of esters is 2. The second kappa shape index (κ2) is 5.45. The summed E-state index contributed by atoms with van der Waals surface area (Å²) in [4.78, 5) is 24.2. The van der Waals surface area contributed by atoms with Crippen LogP contribution in [0.3, 0.4) is 0 Å². The molecule has 0 spiro atoms. The molecule has 22 heavy (non-hydrogen) atoms. The fraction of sp³-hybridized carbons (Fsp3) is 0.0526. The van der Waals surface area contributed by atoms with Gasteiger partial charge in [0.05, 0.1) is 5.56 Å². The Labute approximate surface area is 127 Å². The number of fused-ring (bicyclic) bond motifs is 2. The van der Waals surface area contributed by atoms with E-state index in [4.69, 9.17) is 4.74 Å². The molecule has 0 aliphatic carbocycles. The summed E-state index contributed by atoms with van der Waals surface area (Å²) in [7, 11) is 0. The van der Waals surface area contributed by atoms with E-state index in [1.54, 1.807) is 0 Å². The summed E-state index contributed by atoms with van der Waals surface area (Å²) < 4.78 is 4.94. The zero-order valence-electron chi connectivity index (χ0n) is 12.1. The normalized spacial score (nSPS) is 10.6. The molecule has 0 N–H and O–H groups in total. The summed E-state index contributed by atoms with van der Waals surface area (Å²) in [5.41, 5.74) is 0.598. The van der Waals surface area contributed by atoms with Crippen LogP contribution < -0.4 is 0 Å². The lowest BCUT2D eigenvalue weighted by molar-refractivity contribution is -0.133. The van der Waals surface area contributed by atoms with E-state index in [1.807, 2.05) is 54.6 Å². The van der Waals surface area contributed by atoms with E-state index in [0.29, 0.717) is 5.56 Å². The quantitative estimate of drug-likeness (QED) is 0.307. The minimum absolute atomic E-state index is 0.192. The van der Waals surface area contributed by atoms with E-state index < -0.39 is 11.9 Å². The van der Waals surface area contributed by atoms with Gasteiger partial charge in [-0.15, -0.1) is 0 Å². The molecule has 0 radical (unpaired) electrons. The highest BCUT2D eigenvalue weighted by atomic mass is 16.6. The highest BCUT2D eigenvalue weighted by molar-refractivity contribution is 6.18. The number of hydrogen-bond acceptors (Lipinski definition) is 3. The Morgan fingerprint density at radius 1 is 0.909 bits per heavy atom. The third-order valence-electron chi connectivity index (χ3n) is 3.51. The lowest BCUT2D eigenvalue weighted by Gasteiger charge is -2.10. The van der Waals surface area contributed by atoms with E-state index in [-0.39, 0.29) is 5.57 Å². The van der Waals surface area contributed by atoms with Crippen LogP contribution in [0.1, 0.15) is 17.3 Å². The first kappa shape index (κ1) is 14.0. The van der Waals surface area contributed by atoms with Crippen molar-refractivity contribution in [2.45, 2.75) is 6.92 Å². The van der Waals surface area contributed by atoms with E-state index in [9.17, 15) is 9.59 Å². The highest BCUT2D eigenvalue weighted by Crippen LogP contribution is 2.29. The molecule has 108 valence electrons. The standard InChI is InChI=1S/C19H14O3/c1-12(2)18(20)22-19(21)17-15-9-5-3-7-13(15)11-14-8-4-6-10-16(14)17/h3-11H,1H2,2H3. The first-order chi connectivity index (χ1) is 10.6. The van der Waals surface area contributed by atoms with Crippen LogP contribution in [0.5, 0.6) is 0 Å². The fourth-order valence-electron chi connectivity index (χ4n) is 2.46. The Kier molecular flexibility index (Phi) is 3.47. The maximum absolute atomic E-state index is 12.5. The number of ether oxygens (including phenoxy) is 1. The first-order valence-electron chi connectivity index (χ1n) is 6.90. The molecule has 0 fully saturated rings. The van der Waals surface area contributed by atoms with Gasteiger partial charge in [-0.2, -0.15) is 0 Å². The van der Waals surface area contributed by atoms with Gasteiger partial charge in [0, 0.05) is 5.57 Å². The van der Waals surface area contributed by atoms with Crippen LogP contribution in [0, 0.1) is 0 Å². The van der Waals surface area contributed by atoms with Gasteiger partial charge in [-0.3, -0.25) is 0 Å². The lowest BCUT2D eigenvalue weighted by atomic mass is 9.97. The summed E-state index contributed by atoms with van der Waals surface area (Å²) in [6, 6.07) is 17.1. The zero-order valence-corrected chi connectivity index (χ0v) is 12.1. The minimum atomic E-state index is -0.706. The van der Waals surface area contributed by atoms with E-state index in [2.05, 4.69) is 6.58 Å². The predicted molar refractivity (Wildman–Crippen MR) is 86.7 cm³/mol. The van der Waals surface area contributed by atoms with Gasteiger partial charge in [0.15, 0.2) is 0 Å². The van der Waals surface area contributed by atoms with Crippen molar-refractivity contribution in [2.75, 3.05) is 0 Å². The van der Waals surface area contributed by atoms with Crippen molar-refractivity contribution in [1.29, 1.82) is 0 Å². The van der Waals surface area contributed by atoms with Gasteiger partial charge < -0.3 is 4.74 Å². The van der Waals surface area contributed by atoms with Crippen molar-refractivity contribution in [3.05, 3.63) is 72.3 Å². The molecule has 0 heterocycles. The Morgan fingerprint density at radius 3 is 1.91 bits per heavy atom. The zero-order chi connectivity index (χ0) is 15.7. The number of rotatable bonds is 2. The van der Waals surface area contributed by atoms with E-state index >= 15 is 0 Å². The molecule has 0 saturated carbocycles. The van der Waals surface area contributed by atoms with Crippen LogP contribution in [0.15, 0.2) is 66.7 Å². The molecule has 0 unspecified atom stereocenters. The van der Waals surface area contributed by atoms with Crippen LogP contribution in [0.25, 0.3) is 21.5 Å². The van der Waals surface area contributed by atoms with Crippen LogP contribution in [0.2, 0.25) is 0 Å². The topological polar surface area (TPSA) is 43.4 Å². The molecule has 3 rings (SSSR count). The van der Waals surface area contributed by atoms with Crippen molar-refractivity contribution >= 4 is 33.5 Å². The number of hydrogen-bond donors (Lipinski definition) is 0. The molecule has 0 aromatic heterocycles. The van der Waals surface area contributed by atoms with Crippen molar-refractivity contribution < 1.29 is 14.3 Å². The molecule has 3 nitrogen and oxygen atoms in total. The van der Waals surface area contributed by atoms with Crippen molar-refractivity contribution in [2.24, 2.45) is 0 Å². The molecule has 0 saturated heterocycles. The largest absolute Gasteiger partial charge is 0.386 e. The van der Waals surface area contributed by atoms with Crippen molar-refractivity contribution in [3.63, 3.8) is 0 Å². The second-order valence-corrected chi connectivity index (χ2v) is 5.15. The van der Waals surface area contributed by atoms with Crippen LogP contribution in [-0.2, 0) is 9.53 Å². The molecule has 0 bridgehead atoms. The van der Waals surface area contributed by atoms with Crippen LogP contribution >= 0.6 is 0 Å². The fourth-order valence-corrected chi connectivity index (χ4v) is 2.46. The molecule has 3 heteroatoms. The molecule has 3 aromatic carbocycles. The molecule has 3 aromatic rings. The van der Waals surface area contributed by atoms with Crippen molar-refractivity contribution in [1.82, 2.24) is 0 Å². The Morgan fingerprint density at radius 2 is 1.41 bits per heavy atom. The summed E-state index contributed by atoms with van der Waals surface area (Å²) in [5, 5.41) is 3.38. The Hall–Kier alpha value is -2.94. The lowest BCUT2D eigenvalue weighted by Crippen LogP contribution is -2.13. The van der Waals surface area contributed by atoms with Gasteiger partial charge in [0.25, 0.3) is 0 Å². The second-order valence-electron chi connectivity index (χ2n) is 5.15. The summed E-state index contributed by atoms with van der Waals surface area (Å²) in [6.07, 6.45) is 0. The Balaban J connectivity index is 2.26. The van der Waals surface area contributed by atoms with Gasteiger partial charge >= 0.3 is 11.9 Å². The van der Waals surface area contributed by atoms with Gasteiger partial charge in [0.2, 0.25) is 0 Å². The van der Waals surface area contributed by atoms with Gasteiger partial charge in [-0.05, 0) is 34.5 Å². The van der Waals surface area contributed by atoms with Crippen LogP contribution in [0.4, 0.5) is 0 Å². The number of benzene rings is 3. The summed E-state index contributed by atoms with van der Waals surface area (Å²) in [5.74, 6) is -1.36. The molecule has 0 amide bonds. The van der Waals surface area contributed by atoms with Gasteiger partial charge in [-0.1, -0.05) is 55.1 Å². The maximum Gasteiger partial charge on any atom is 0.347 e. The molecule has 0 atom stereocenters. The third-order valence-corrected chi connectivity index (χ3v) is 3.51. The number of carbonyl (C=O) groups is 2. The van der Waals surface area contributed by atoms with Crippen molar-refractivity contribution in [3.8, 4) is 0 Å². The smallest absolute Gasteiger partial charge is 0.347 e. The van der Waals surface area contributed by atoms with Gasteiger partial charge in [0.1, 0.15) is 0 Å². The predicted octanol–water partition coefficient (Wildman–Crippen LogP) is 4.25. The Bertz CT molecular complexity index is 868. The SMILES string of the molecule is C=C(C)C(=O)OC(=O)c1c2ccccc2cc2ccccc12. The van der Waals surface area contributed by atoms with E-state index in [0.717, 1.165) is 21.5 Å². The maximum atomic E-state index is 12.5. The molecule has 0 aliphatic heterocycles. The summed E-state index contributed by atoms with van der Waals surface area (Å²) in [6.45, 7) is 5.01. The number of carbonyl (C=O) groups excluding carboxylic acids is 2. The third kappa shape index (κ3) is 2.37.